The molecule has 1 aliphatic heterocycles. The summed E-state index contributed by atoms with van der Waals surface area (Å²) in [7, 11) is 0. The van der Waals surface area contributed by atoms with Crippen LogP contribution in [0.1, 0.15) is 22.3 Å². The summed E-state index contributed by atoms with van der Waals surface area (Å²) in [6.07, 6.45) is 0. The molecule has 3 heteroatoms. The van der Waals surface area contributed by atoms with Gasteiger partial charge in [-0.2, -0.15) is 0 Å². The zero-order valence-corrected chi connectivity index (χ0v) is 37.9. The second kappa shape index (κ2) is 15.3. The van der Waals surface area contributed by atoms with Gasteiger partial charge in [0.1, 0.15) is 0 Å². The molecule has 12 aromatic rings. The van der Waals surface area contributed by atoms with E-state index in [0.29, 0.717) is 0 Å². The molecule has 0 radical (unpaired) electrons. The lowest BCUT2D eigenvalue weighted by molar-refractivity contribution is 0.752. The van der Waals surface area contributed by atoms with Crippen molar-refractivity contribution in [2.24, 2.45) is 0 Å². The maximum absolute atomic E-state index is 2.60. The van der Waals surface area contributed by atoms with Gasteiger partial charge in [0.2, 0.25) is 0 Å². The van der Waals surface area contributed by atoms with E-state index >= 15 is 0 Å². The summed E-state index contributed by atoms with van der Waals surface area (Å²) in [5.74, 6) is 0. The molecule has 0 atom stereocenters. The number of benzene rings is 11. The lowest BCUT2D eigenvalue weighted by Gasteiger charge is -2.45. The predicted octanol–water partition coefficient (Wildman–Crippen LogP) is 18.2. The Morgan fingerprint density at radius 1 is 0.324 bits per heavy atom. The highest BCUT2D eigenvalue weighted by Crippen LogP contribution is 2.65. The molecule has 0 saturated carbocycles. The van der Waals surface area contributed by atoms with E-state index in [1.807, 2.05) is 11.3 Å². The van der Waals surface area contributed by atoms with Crippen molar-refractivity contribution < 1.29 is 0 Å². The molecule has 0 bridgehead atoms. The Balaban J connectivity index is 1.08. The van der Waals surface area contributed by atoms with Crippen molar-refractivity contribution in [1.29, 1.82) is 0 Å². The van der Waals surface area contributed by atoms with E-state index in [9.17, 15) is 0 Å². The first-order chi connectivity index (χ1) is 33.8. The molecular weight excluding hydrogens is 841 g/mol. The van der Waals surface area contributed by atoms with Gasteiger partial charge in [0, 0.05) is 32.3 Å². The highest BCUT2D eigenvalue weighted by atomic mass is 32.1. The van der Waals surface area contributed by atoms with Crippen molar-refractivity contribution >= 4 is 76.4 Å². The van der Waals surface area contributed by atoms with Gasteiger partial charge in [-0.05, 0) is 104 Å². The van der Waals surface area contributed by atoms with Gasteiger partial charge in [0.25, 0.3) is 0 Å². The van der Waals surface area contributed by atoms with E-state index in [2.05, 4.69) is 265 Å². The third-order valence-corrected chi connectivity index (χ3v) is 15.7. The minimum absolute atomic E-state index is 0.601. The highest BCUT2D eigenvalue weighted by molar-refractivity contribution is 7.26. The van der Waals surface area contributed by atoms with Crippen LogP contribution in [0.4, 0.5) is 34.1 Å². The minimum atomic E-state index is -0.601. The van der Waals surface area contributed by atoms with Gasteiger partial charge in [-0.3, -0.25) is 0 Å². The fourth-order valence-electron chi connectivity index (χ4n) is 11.8. The van der Waals surface area contributed by atoms with Crippen LogP contribution in [-0.2, 0) is 5.41 Å². The molecule has 1 aliphatic carbocycles. The average Bonchev–Trinajstić information content (AvgIpc) is 3.94. The molecule has 0 fully saturated rings. The molecule has 0 amide bonds. The van der Waals surface area contributed by atoms with Crippen molar-refractivity contribution in [3.63, 3.8) is 0 Å². The van der Waals surface area contributed by atoms with Crippen LogP contribution >= 0.6 is 11.3 Å². The van der Waals surface area contributed by atoms with Crippen LogP contribution in [0.3, 0.4) is 0 Å². The molecule has 1 aromatic heterocycles. The maximum atomic E-state index is 2.60. The van der Waals surface area contributed by atoms with E-state index in [4.69, 9.17) is 0 Å². The minimum Gasteiger partial charge on any atom is -0.310 e. The number of hydrogen-bond donors (Lipinski definition) is 0. The number of hydrogen-bond acceptors (Lipinski definition) is 3. The largest absolute Gasteiger partial charge is 0.310 e. The number of para-hydroxylation sites is 4. The summed E-state index contributed by atoms with van der Waals surface area (Å²) in [6, 6.07) is 94.5. The fraction of sp³-hybridized carbons (Fsp3) is 0.0154. The topological polar surface area (TPSA) is 6.48 Å². The zero-order valence-electron chi connectivity index (χ0n) is 37.1. The summed E-state index contributed by atoms with van der Waals surface area (Å²) < 4.78 is 2.54. The summed E-state index contributed by atoms with van der Waals surface area (Å²) in [4.78, 5) is 5.05. The number of anilines is 6. The van der Waals surface area contributed by atoms with Crippen LogP contribution in [0.5, 0.6) is 0 Å². The molecule has 11 aromatic carbocycles. The van der Waals surface area contributed by atoms with E-state index in [1.54, 1.807) is 0 Å². The third kappa shape index (κ3) is 5.51. The van der Waals surface area contributed by atoms with E-state index in [1.165, 1.54) is 98.0 Å². The first-order valence-corrected chi connectivity index (χ1v) is 24.3. The van der Waals surface area contributed by atoms with Crippen LogP contribution in [-0.4, -0.2) is 0 Å². The number of thiophene rings is 1. The maximum Gasteiger partial charge on any atom is 0.0755 e. The summed E-state index contributed by atoms with van der Waals surface area (Å²) in [6.45, 7) is 0. The number of nitrogens with zero attached hydrogens (tertiary/aromatic N) is 2. The van der Waals surface area contributed by atoms with Gasteiger partial charge in [-0.15, -0.1) is 11.3 Å². The molecular formula is C65H42N2S. The van der Waals surface area contributed by atoms with Gasteiger partial charge in [0.15, 0.2) is 0 Å². The molecule has 318 valence electrons. The van der Waals surface area contributed by atoms with Gasteiger partial charge >= 0.3 is 0 Å². The highest BCUT2D eigenvalue weighted by Gasteiger charge is 2.52. The van der Waals surface area contributed by atoms with E-state index in [-0.39, 0.29) is 0 Å². The van der Waals surface area contributed by atoms with Gasteiger partial charge in [0.05, 0.1) is 38.6 Å². The Hall–Kier alpha value is -8.50. The molecule has 68 heavy (non-hydrogen) atoms. The van der Waals surface area contributed by atoms with Crippen LogP contribution < -0.4 is 9.80 Å². The fourth-order valence-corrected chi connectivity index (χ4v) is 13.0. The molecule has 2 nitrogen and oxygen atoms in total. The summed E-state index contributed by atoms with van der Waals surface area (Å²) >= 11 is 1.88. The first-order valence-electron chi connectivity index (χ1n) is 23.4. The van der Waals surface area contributed by atoms with Gasteiger partial charge < -0.3 is 9.80 Å². The van der Waals surface area contributed by atoms with Crippen LogP contribution in [0.25, 0.3) is 64.3 Å². The van der Waals surface area contributed by atoms with Crippen molar-refractivity contribution in [2.45, 2.75) is 5.41 Å². The summed E-state index contributed by atoms with van der Waals surface area (Å²) in [5, 5.41) is 5.03. The molecule has 0 saturated heterocycles. The number of fused-ring (bicyclic) bond motifs is 13. The predicted molar refractivity (Wildman–Crippen MR) is 288 cm³/mol. The second-order valence-corrected chi connectivity index (χ2v) is 18.9. The summed E-state index contributed by atoms with van der Waals surface area (Å²) in [5.41, 5.74) is 18.7. The zero-order chi connectivity index (χ0) is 44.8. The quantitative estimate of drug-likeness (QED) is 0.164. The van der Waals surface area contributed by atoms with Crippen LogP contribution in [0.2, 0.25) is 0 Å². The van der Waals surface area contributed by atoms with Crippen molar-refractivity contribution in [3.8, 4) is 33.4 Å². The second-order valence-electron chi connectivity index (χ2n) is 17.9. The molecule has 2 heterocycles. The van der Waals surface area contributed by atoms with Crippen molar-refractivity contribution in [1.82, 2.24) is 0 Å². The van der Waals surface area contributed by atoms with E-state index < -0.39 is 5.41 Å². The van der Waals surface area contributed by atoms with E-state index in [0.717, 1.165) is 22.7 Å². The van der Waals surface area contributed by atoms with Crippen LogP contribution in [0, 0.1) is 0 Å². The monoisotopic (exact) mass is 882 g/mol. The average molecular weight is 883 g/mol. The Morgan fingerprint density at radius 2 is 0.824 bits per heavy atom. The van der Waals surface area contributed by atoms with Gasteiger partial charge in [-0.1, -0.05) is 206 Å². The van der Waals surface area contributed by atoms with Crippen molar-refractivity contribution in [3.05, 3.63) is 277 Å². The standard InChI is InChI=1S/C65H42N2S/c1-2-23-44(24-3-1)66-58-38-15-12-34-54(58)65(55-35-13-16-39-59(55)66)53-33-11-8-30-52(53)63-56(65)36-20-40-60(63)67(61-41-19-32-51-50-29-10-17-42-62(50)68-64(51)61)57-37-14-9-28-49(57)48-27-7-6-26-47(48)46-31-18-22-43-21-4-5-25-45(43)46/h1-42H. The lowest BCUT2D eigenvalue weighted by atomic mass is 9.64. The first kappa shape index (κ1) is 38.7. The number of rotatable bonds is 6. The molecule has 0 unspecified atom stereocenters. The molecule has 2 aliphatic rings. The molecule has 1 spiro atoms. The smallest absolute Gasteiger partial charge is 0.0755 e. The van der Waals surface area contributed by atoms with Crippen LogP contribution in [0.15, 0.2) is 255 Å². The normalized spacial score (nSPS) is 13.1. The Morgan fingerprint density at radius 3 is 1.62 bits per heavy atom. The Kier molecular flexibility index (Phi) is 8.71. The lowest BCUT2D eigenvalue weighted by Crippen LogP contribution is -2.36. The molecule has 0 N–H and O–H groups in total. The Labute approximate surface area is 399 Å². The SMILES string of the molecule is c1ccc(N2c3ccccc3C3(c4ccccc4-c4c(N(c5ccccc5-c5ccccc5-c5cccc6ccccc56)c5cccc6c5sc5ccccc56)cccc43)c3ccccc32)cc1. The van der Waals surface area contributed by atoms with Gasteiger partial charge in [-0.25, -0.2) is 0 Å². The van der Waals surface area contributed by atoms with Crippen molar-refractivity contribution in [2.75, 3.05) is 9.80 Å². The Bertz CT molecular complexity index is 3900. The third-order valence-electron chi connectivity index (χ3n) is 14.5. The molecule has 14 rings (SSSR count).